The van der Waals surface area contributed by atoms with E-state index in [4.69, 9.17) is 10.00 Å². The molecule has 5 nitrogen and oxygen atoms in total. The Morgan fingerprint density at radius 3 is 2.29 bits per heavy atom. The predicted molar refractivity (Wildman–Crippen MR) is 95.9 cm³/mol. The number of rotatable bonds is 5. The van der Waals surface area contributed by atoms with Crippen molar-refractivity contribution in [1.82, 2.24) is 0 Å². The van der Waals surface area contributed by atoms with Crippen molar-refractivity contribution in [2.75, 3.05) is 11.8 Å². The first kappa shape index (κ1) is 18.2. The standard InChI is InChI=1S/C17H18N2O3S2/c1-11-5-6-15(22-4)16(7-11)24(20,21)19-17-12(2)8-14(23-10-18)9-13(17)3/h5-9,19H,1-4H3. The van der Waals surface area contributed by atoms with Gasteiger partial charge in [-0.15, -0.1) is 0 Å². The molecule has 0 amide bonds. The lowest BCUT2D eigenvalue weighted by Crippen LogP contribution is -2.16. The molecule has 0 fully saturated rings. The molecular formula is C17H18N2O3S2. The number of sulfonamides is 1. The van der Waals surface area contributed by atoms with Crippen LogP contribution in [0.3, 0.4) is 0 Å². The molecule has 0 unspecified atom stereocenters. The molecule has 24 heavy (non-hydrogen) atoms. The second kappa shape index (κ2) is 7.16. The van der Waals surface area contributed by atoms with Gasteiger partial charge in [-0.25, -0.2) is 8.42 Å². The number of nitrogens with one attached hydrogen (secondary N) is 1. The Morgan fingerprint density at radius 1 is 1.12 bits per heavy atom. The molecular weight excluding hydrogens is 344 g/mol. The van der Waals surface area contributed by atoms with Crippen molar-refractivity contribution in [3.63, 3.8) is 0 Å². The zero-order valence-electron chi connectivity index (χ0n) is 13.9. The highest BCUT2D eigenvalue weighted by Crippen LogP contribution is 2.31. The van der Waals surface area contributed by atoms with Crippen LogP contribution in [0.25, 0.3) is 0 Å². The van der Waals surface area contributed by atoms with Gasteiger partial charge in [0.2, 0.25) is 0 Å². The summed E-state index contributed by atoms with van der Waals surface area (Å²) in [6.45, 7) is 5.43. The minimum Gasteiger partial charge on any atom is -0.495 e. The molecule has 0 bridgehead atoms. The normalized spacial score (nSPS) is 11.0. The summed E-state index contributed by atoms with van der Waals surface area (Å²) in [5.74, 6) is 0.292. The molecule has 0 aliphatic rings. The number of nitriles is 1. The van der Waals surface area contributed by atoms with E-state index in [9.17, 15) is 8.42 Å². The second-order valence-corrected chi connectivity index (χ2v) is 7.89. The molecule has 1 N–H and O–H groups in total. The Hall–Kier alpha value is -2.17. The summed E-state index contributed by atoms with van der Waals surface area (Å²) in [6.07, 6.45) is 0. The van der Waals surface area contributed by atoms with Crippen LogP contribution in [0.2, 0.25) is 0 Å². The van der Waals surface area contributed by atoms with Crippen molar-refractivity contribution in [2.24, 2.45) is 0 Å². The van der Waals surface area contributed by atoms with E-state index in [1.807, 2.05) is 12.3 Å². The largest absolute Gasteiger partial charge is 0.495 e. The molecule has 2 aromatic carbocycles. The molecule has 0 spiro atoms. The van der Waals surface area contributed by atoms with Gasteiger partial charge in [0, 0.05) is 4.90 Å². The van der Waals surface area contributed by atoms with Crippen molar-refractivity contribution in [3.8, 4) is 11.2 Å². The maximum absolute atomic E-state index is 12.8. The van der Waals surface area contributed by atoms with Gasteiger partial charge in [-0.3, -0.25) is 4.72 Å². The van der Waals surface area contributed by atoms with E-state index < -0.39 is 10.0 Å². The van der Waals surface area contributed by atoms with Crippen LogP contribution < -0.4 is 9.46 Å². The van der Waals surface area contributed by atoms with Gasteiger partial charge in [0.25, 0.3) is 10.0 Å². The van der Waals surface area contributed by atoms with Crippen LogP contribution in [-0.2, 0) is 10.0 Å². The lowest BCUT2D eigenvalue weighted by molar-refractivity contribution is 0.402. The predicted octanol–water partition coefficient (Wildman–Crippen LogP) is 3.99. The quantitative estimate of drug-likeness (QED) is 0.642. The molecule has 0 aliphatic carbocycles. The van der Waals surface area contributed by atoms with Gasteiger partial charge in [0.05, 0.1) is 12.8 Å². The van der Waals surface area contributed by atoms with Gasteiger partial charge in [0.1, 0.15) is 16.0 Å². The van der Waals surface area contributed by atoms with E-state index in [0.29, 0.717) is 11.4 Å². The van der Waals surface area contributed by atoms with Crippen LogP contribution >= 0.6 is 11.8 Å². The van der Waals surface area contributed by atoms with Crippen molar-refractivity contribution >= 4 is 27.5 Å². The number of anilines is 1. The first-order valence-corrected chi connectivity index (χ1v) is 9.43. The average Bonchev–Trinajstić information content (AvgIpc) is 2.51. The zero-order chi connectivity index (χ0) is 17.9. The van der Waals surface area contributed by atoms with Gasteiger partial charge >= 0.3 is 0 Å². The van der Waals surface area contributed by atoms with Gasteiger partial charge < -0.3 is 4.74 Å². The van der Waals surface area contributed by atoms with E-state index in [-0.39, 0.29) is 4.90 Å². The molecule has 0 saturated carbocycles. The Morgan fingerprint density at radius 2 is 1.75 bits per heavy atom. The van der Waals surface area contributed by atoms with E-state index in [1.54, 1.807) is 44.2 Å². The number of hydrogen-bond acceptors (Lipinski definition) is 5. The topological polar surface area (TPSA) is 79.2 Å². The highest BCUT2D eigenvalue weighted by atomic mass is 32.2. The van der Waals surface area contributed by atoms with Crippen molar-refractivity contribution < 1.29 is 13.2 Å². The van der Waals surface area contributed by atoms with Gasteiger partial charge in [0.15, 0.2) is 0 Å². The van der Waals surface area contributed by atoms with Crippen LogP contribution in [0.5, 0.6) is 5.75 Å². The minimum absolute atomic E-state index is 0.0966. The molecule has 0 saturated heterocycles. The Balaban J connectivity index is 2.48. The molecule has 7 heteroatoms. The number of thiocyanates is 1. The summed E-state index contributed by atoms with van der Waals surface area (Å²) >= 11 is 1.04. The summed E-state index contributed by atoms with van der Waals surface area (Å²) in [4.78, 5) is 0.878. The summed E-state index contributed by atoms with van der Waals surface area (Å²) < 4.78 is 33.4. The van der Waals surface area contributed by atoms with Gasteiger partial charge in [-0.1, -0.05) is 6.07 Å². The maximum atomic E-state index is 12.8. The first-order valence-electron chi connectivity index (χ1n) is 7.13. The fourth-order valence-electron chi connectivity index (χ4n) is 2.38. The number of nitrogens with zero attached hydrogens (tertiary/aromatic N) is 1. The number of ether oxygens (including phenoxy) is 1. The van der Waals surface area contributed by atoms with Gasteiger partial charge in [-0.2, -0.15) is 5.26 Å². The smallest absolute Gasteiger partial charge is 0.265 e. The number of aryl methyl sites for hydroxylation is 3. The molecule has 0 radical (unpaired) electrons. The van der Waals surface area contributed by atoms with Crippen LogP contribution in [0.1, 0.15) is 16.7 Å². The molecule has 0 heterocycles. The summed E-state index contributed by atoms with van der Waals surface area (Å²) in [5, 5.41) is 10.8. The zero-order valence-corrected chi connectivity index (χ0v) is 15.5. The third-order valence-corrected chi connectivity index (χ3v) is 5.45. The minimum atomic E-state index is -3.80. The van der Waals surface area contributed by atoms with E-state index in [2.05, 4.69) is 4.72 Å². The number of hydrogen-bond donors (Lipinski definition) is 1. The van der Waals surface area contributed by atoms with Crippen molar-refractivity contribution in [3.05, 3.63) is 47.0 Å². The van der Waals surface area contributed by atoms with Crippen LogP contribution in [-0.4, -0.2) is 15.5 Å². The average molecular weight is 362 g/mol. The van der Waals surface area contributed by atoms with Crippen LogP contribution in [0.15, 0.2) is 40.1 Å². The summed E-state index contributed by atoms with van der Waals surface area (Å²) in [5.41, 5.74) is 2.84. The van der Waals surface area contributed by atoms with E-state index in [0.717, 1.165) is 33.3 Å². The Bertz CT molecular complexity index is 893. The third-order valence-electron chi connectivity index (χ3n) is 3.51. The fourth-order valence-corrected chi connectivity index (χ4v) is 4.41. The SMILES string of the molecule is COc1ccc(C)cc1S(=O)(=O)Nc1c(C)cc(SC#N)cc1C. The molecule has 0 atom stereocenters. The molecule has 126 valence electrons. The Kier molecular flexibility index (Phi) is 5.42. The maximum Gasteiger partial charge on any atom is 0.265 e. The summed E-state index contributed by atoms with van der Waals surface area (Å²) in [7, 11) is -2.36. The lowest BCUT2D eigenvalue weighted by atomic mass is 10.1. The van der Waals surface area contributed by atoms with Crippen LogP contribution in [0.4, 0.5) is 5.69 Å². The first-order chi connectivity index (χ1) is 11.3. The molecule has 2 aromatic rings. The van der Waals surface area contributed by atoms with E-state index >= 15 is 0 Å². The third kappa shape index (κ3) is 3.83. The fraction of sp³-hybridized carbons (Fsp3) is 0.235. The highest BCUT2D eigenvalue weighted by molar-refractivity contribution is 8.03. The van der Waals surface area contributed by atoms with Gasteiger partial charge in [-0.05, 0) is 73.5 Å². The summed E-state index contributed by atoms with van der Waals surface area (Å²) in [6, 6.07) is 8.57. The van der Waals surface area contributed by atoms with Crippen molar-refractivity contribution in [2.45, 2.75) is 30.6 Å². The molecule has 0 aliphatic heterocycles. The van der Waals surface area contributed by atoms with Crippen LogP contribution in [0, 0.1) is 31.4 Å². The number of methoxy groups -OCH3 is 1. The monoisotopic (exact) mass is 362 g/mol. The number of thioether (sulfide) groups is 1. The molecule has 0 aromatic heterocycles. The Labute approximate surface area is 146 Å². The lowest BCUT2D eigenvalue weighted by Gasteiger charge is -2.16. The highest BCUT2D eigenvalue weighted by Gasteiger charge is 2.21. The number of benzene rings is 2. The van der Waals surface area contributed by atoms with Crippen molar-refractivity contribution in [1.29, 1.82) is 5.26 Å². The second-order valence-electron chi connectivity index (χ2n) is 5.39. The van der Waals surface area contributed by atoms with E-state index in [1.165, 1.54) is 7.11 Å². The molecule has 2 rings (SSSR count).